The molecule has 19 heavy (non-hydrogen) atoms. The fraction of sp³-hybridized carbons (Fsp3) is 0.667. The van der Waals surface area contributed by atoms with E-state index in [4.69, 9.17) is 0 Å². The summed E-state index contributed by atoms with van der Waals surface area (Å²) < 4.78 is 26.9. The van der Waals surface area contributed by atoms with Crippen molar-refractivity contribution in [2.75, 3.05) is 12.0 Å². The molecule has 0 aliphatic carbocycles. The molecule has 0 amide bonds. The number of thioether (sulfide) groups is 1. The zero-order valence-corrected chi connectivity index (χ0v) is 13.5. The van der Waals surface area contributed by atoms with Crippen LogP contribution in [0.3, 0.4) is 0 Å². The van der Waals surface area contributed by atoms with E-state index in [0.29, 0.717) is 17.5 Å². The van der Waals surface area contributed by atoms with Gasteiger partial charge in [0.25, 0.3) is 0 Å². The molecule has 0 saturated heterocycles. The average Bonchev–Trinajstić information content (AvgIpc) is 2.75. The van der Waals surface area contributed by atoms with Gasteiger partial charge in [0.15, 0.2) is 0 Å². The van der Waals surface area contributed by atoms with Gasteiger partial charge in [0.2, 0.25) is 10.0 Å². The van der Waals surface area contributed by atoms with Crippen molar-refractivity contribution in [2.24, 2.45) is 0 Å². The van der Waals surface area contributed by atoms with Crippen LogP contribution in [0.2, 0.25) is 0 Å². The zero-order chi connectivity index (χ0) is 14.5. The van der Waals surface area contributed by atoms with Gasteiger partial charge in [0.1, 0.15) is 0 Å². The molecule has 1 atom stereocenters. The Balaban J connectivity index is 2.68. The number of hydrogen-bond donors (Lipinski definition) is 3. The molecule has 3 N–H and O–H groups in total. The third-order valence-corrected chi connectivity index (χ3v) is 4.90. The van der Waals surface area contributed by atoms with Crippen molar-refractivity contribution in [1.82, 2.24) is 15.0 Å². The molecule has 7 heteroatoms. The average molecular weight is 305 g/mol. The lowest BCUT2D eigenvalue weighted by molar-refractivity contribution is 0.571. The molecule has 1 unspecified atom stereocenters. The van der Waals surface area contributed by atoms with Crippen LogP contribution in [0.1, 0.15) is 26.5 Å². The van der Waals surface area contributed by atoms with Crippen LogP contribution >= 0.6 is 11.8 Å². The third kappa shape index (κ3) is 5.56. The van der Waals surface area contributed by atoms with Crippen molar-refractivity contribution < 1.29 is 8.42 Å². The number of sulfonamides is 1. The summed E-state index contributed by atoms with van der Waals surface area (Å²) in [4.78, 5) is 3.28. The second kappa shape index (κ2) is 7.33. The van der Waals surface area contributed by atoms with E-state index in [2.05, 4.69) is 15.0 Å². The van der Waals surface area contributed by atoms with E-state index < -0.39 is 10.0 Å². The van der Waals surface area contributed by atoms with E-state index in [9.17, 15) is 8.42 Å². The van der Waals surface area contributed by atoms with Crippen LogP contribution in [-0.4, -0.2) is 37.5 Å². The third-order valence-electron chi connectivity index (χ3n) is 2.50. The van der Waals surface area contributed by atoms with Crippen molar-refractivity contribution in [3.63, 3.8) is 0 Å². The van der Waals surface area contributed by atoms with E-state index in [0.717, 1.165) is 11.4 Å². The number of nitrogens with one attached hydrogen (secondary N) is 3. The van der Waals surface area contributed by atoms with Gasteiger partial charge in [-0.2, -0.15) is 11.8 Å². The van der Waals surface area contributed by atoms with Gasteiger partial charge in [-0.15, -0.1) is 0 Å². The van der Waals surface area contributed by atoms with Gasteiger partial charge in [-0.1, -0.05) is 13.8 Å². The maximum absolute atomic E-state index is 12.1. The second-order valence-electron chi connectivity index (χ2n) is 4.87. The summed E-state index contributed by atoms with van der Waals surface area (Å²) in [5.74, 6) is 0.755. The molecule has 0 aromatic carbocycles. The SMILES string of the molecule is CSCC(C)NS(=O)(=O)c1c[nH]c(CNC(C)C)c1. The molecule has 0 fully saturated rings. The Morgan fingerprint density at radius 2 is 2.05 bits per heavy atom. The van der Waals surface area contributed by atoms with Crippen molar-refractivity contribution in [3.05, 3.63) is 18.0 Å². The molecular weight excluding hydrogens is 282 g/mol. The summed E-state index contributed by atoms with van der Waals surface area (Å²) in [6.07, 6.45) is 3.49. The van der Waals surface area contributed by atoms with Gasteiger partial charge >= 0.3 is 0 Å². The normalized spacial score (nSPS) is 13.9. The molecule has 0 spiro atoms. The van der Waals surface area contributed by atoms with Crippen molar-refractivity contribution in [2.45, 2.75) is 44.3 Å². The van der Waals surface area contributed by atoms with Crippen molar-refractivity contribution >= 4 is 21.8 Å². The fourth-order valence-electron chi connectivity index (χ4n) is 1.61. The predicted molar refractivity (Wildman–Crippen MR) is 80.9 cm³/mol. The predicted octanol–water partition coefficient (Wildman–Crippen LogP) is 1.54. The molecule has 1 aromatic rings. The zero-order valence-electron chi connectivity index (χ0n) is 11.9. The minimum atomic E-state index is -3.42. The smallest absolute Gasteiger partial charge is 0.242 e. The highest BCUT2D eigenvalue weighted by Crippen LogP contribution is 2.12. The highest BCUT2D eigenvalue weighted by atomic mass is 32.2. The summed E-state index contributed by atoms with van der Waals surface area (Å²) in [5.41, 5.74) is 0.867. The van der Waals surface area contributed by atoms with E-state index in [1.807, 2.05) is 27.0 Å². The highest BCUT2D eigenvalue weighted by Gasteiger charge is 2.18. The van der Waals surface area contributed by atoms with Crippen LogP contribution in [0.4, 0.5) is 0 Å². The maximum atomic E-state index is 12.1. The largest absolute Gasteiger partial charge is 0.363 e. The van der Waals surface area contributed by atoms with E-state index in [1.165, 1.54) is 6.20 Å². The minimum absolute atomic E-state index is 0.0767. The Morgan fingerprint density at radius 3 is 2.63 bits per heavy atom. The summed E-state index contributed by atoms with van der Waals surface area (Å²) in [7, 11) is -3.42. The quantitative estimate of drug-likeness (QED) is 0.681. The van der Waals surface area contributed by atoms with E-state index in [-0.39, 0.29) is 6.04 Å². The van der Waals surface area contributed by atoms with Crippen LogP contribution in [0.15, 0.2) is 17.2 Å². The monoisotopic (exact) mass is 305 g/mol. The number of rotatable bonds is 8. The van der Waals surface area contributed by atoms with Crippen LogP contribution < -0.4 is 10.0 Å². The Kier molecular flexibility index (Phi) is 6.38. The first-order valence-electron chi connectivity index (χ1n) is 6.27. The molecule has 1 rings (SSSR count). The molecule has 0 bridgehead atoms. The first kappa shape index (κ1) is 16.6. The van der Waals surface area contributed by atoms with E-state index in [1.54, 1.807) is 17.8 Å². The number of aromatic nitrogens is 1. The Bertz CT molecular complexity index is 483. The highest BCUT2D eigenvalue weighted by molar-refractivity contribution is 7.98. The topological polar surface area (TPSA) is 74.0 Å². The van der Waals surface area contributed by atoms with Crippen molar-refractivity contribution in [3.8, 4) is 0 Å². The van der Waals surface area contributed by atoms with Gasteiger partial charge in [-0.25, -0.2) is 13.1 Å². The molecule has 1 heterocycles. The molecule has 110 valence electrons. The molecular formula is C12H23N3O2S2. The van der Waals surface area contributed by atoms with Crippen LogP contribution in [0.25, 0.3) is 0 Å². The Hall–Kier alpha value is -0.500. The molecule has 0 aliphatic heterocycles. The summed E-state index contributed by atoms with van der Waals surface area (Å²) in [6.45, 7) is 6.59. The molecule has 0 radical (unpaired) electrons. The molecule has 0 aliphatic rings. The van der Waals surface area contributed by atoms with Gasteiger partial charge < -0.3 is 10.3 Å². The van der Waals surface area contributed by atoms with Gasteiger partial charge in [0.05, 0.1) is 4.90 Å². The van der Waals surface area contributed by atoms with Crippen LogP contribution in [0, 0.1) is 0 Å². The maximum Gasteiger partial charge on any atom is 0.242 e. The minimum Gasteiger partial charge on any atom is -0.363 e. The Morgan fingerprint density at radius 1 is 1.37 bits per heavy atom. The Labute approximate surface area is 120 Å². The summed E-state index contributed by atoms with van der Waals surface area (Å²) in [5, 5.41) is 3.24. The number of hydrogen-bond acceptors (Lipinski definition) is 4. The van der Waals surface area contributed by atoms with Crippen LogP contribution in [0.5, 0.6) is 0 Å². The van der Waals surface area contributed by atoms with Gasteiger partial charge in [0, 0.05) is 36.3 Å². The lowest BCUT2D eigenvalue weighted by Crippen LogP contribution is -2.34. The summed E-state index contributed by atoms with van der Waals surface area (Å²) >= 11 is 1.62. The molecule has 5 nitrogen and oxygen atoms in total. The summed E-state index contributed by atoms with van der Waals surface area (Å²) in [6, 6.07) is 1.96. The number of H-pyrrole nitrogens is 1. The second-order valence-corrected chi connectivity index (χ2v) is 7.50. The molecule has 0 saturated carbocycles. The standard InChI is InChI=1S/C12H23N3O2S2/c1-9(2)13-6-11-5-12(7-14-11)19(16,17)15-10(3)8-18-4/h5,7,9-10,13-15H,6,8H2,1-4H3. The van der Waals surface area contributed by atoms with Crippen LogP contribution in [-0.2, 0) is 16.6 Å². The van der Waals surface area contributed by atoms with E-state index >= 15 is 0 Å². The lowest BCUT2D eigenvalue weighted by atomic mass is 10.3. The van der Waals surface area contributed by atoms with Gasteiger partial charge in [-0.3, -0.25) is 0 Å². The number of aromatic amines is 1. The molecule has 1 aromatic heterocycles. The van der Waals surface area contributed by atoms with Crippen molar-refractivity contribution in [1.29, 1.82) is 0 Å². The lowest BCUT2D eigenvalue weighted by Gasteiger charge is -2.11. The van der Waals surface area contributed by atoms with Gasteiger partial charge in [-0.05, 0) is 19.2 Å². The first-order valence-corrected chi connectivity index (χ1v) is 9.14. The fourth-order valence-corrected chi connectivity index (χ4v) is 3.56. The first-order chi connectivity index (χ1) is 8.85.